The van der Waals surface area contributed by atoms with E-state index in [0.717, 1.165) is 16.5 Å². The number of nitrogens with zero attached hydrogens (tertiary/aromatic N) is 1. The van der Waals surface area contributed by atoms with Gasteiger partial charge in [0.05, 0.1) is 12.1 Å². The van der Waals surface area contributed by atoms with Gasteiger partial charge in [0.25, 0.3) is 0 Å². The summed E-state index contributed by atoms with van der Waals surface area (Å²) in [6, 6.07) is 9.39. The lowest BCUT2D eigenvalue weighted by molar-refractivity contribution is -0.127. The Balaban J connectivity index is 2.57. The third kappa shape index (κ3) is 2.18. The fourth-order valence-electron chi connectivity index (χ4n) is 1.89. The van der Waals surface area contributed by atoms with E-state index in [4.69, 9.17) is 10.5 Å². The van der Waals surface area contributed by atoms with E-state index in [1.165, 1.54) is 7.11 Å². The summed E-state index contributed by atoms with van der Waals surface area (Å²) in [5.41, 5.74) is 7.04. The topological polar surface area (TPSA) is 65.2 Å². The molecule has 0 aliphatic heterocycles. The molecule has 1 unspecified atom stereocenters. The Labute approximate surface area is 99.4 Å². The van der Waals surface area contributed by atoms with E-state index in [0.29, 0.717) is 0 Å². The Morgan fingerprint density at radius 1 is 1.41 bits per heavy atom. The van der Waals surface area contributed by atoms with Gasteiger partial charge in [-0.05, 0) is 17.7 Å². The fourth-order valence-corrected chi connectivity index (χ4v) is 1.89. The third-order valence-electron chi connectivity index (χ3n) is 2.69. The molecule has 1 aromatic heterocycles. The molecule has 0 fully saturated rings. The van der Waals surface area contributed by atoms with Crippen molar-refractivity contribution in [1.29, 1.82) is 0 Å². The van der Waals surface area contributed by atoms with Gasteiger partial charge in [-0.2, -0.15) is 0 Å². The summed E-state index contributed by atoms with van der Waals surface area (Å²) in [6.45, 7) is -0.0326. The molecule has 17 heavy (non-hydrogen) atoms. The molecule has 0 saturated heterocycles. The van der Waals surface area contributed by atoms with Crippen molar-refractivity contribution in [3.05, 3.63) is 42.1 Å². The summed E-state index contributed by atoms with van der Waals surface area (Å²) in [5, 5.41) is 0.920. The van der Waals surface area contributed by atoms with Gasteiger partial charge >= 0.3 is 0 Å². The minimum absolute atomic E-state index is 0.0326. The Bertz CT molecular complexity index is 534. The molecule has 1 aromatic carbocycles. The second-order valence-electron chi connectivity index (χ2n) is 3.70. The molecule has 1 atom stereocenters. The van der Waals surface area contributed by atoms with E-state index in [1.807, 2.05) is 30.3 Å². The van der Waals surface area contributed by atoms with Crippen LogP contribution in [0.2, 0.25) is 0 Å². The predicted molar refractivity (Wildman–Crippen MR) is 65.6 cm³/mol. The second kappa shape index (κ2) is 5.03. The van der Waals surface area contributed by atoms with Crippen LogP contribution in [0.5, 0.6) is 0 Å². The SMILES string of the molecule is COC(C(=O)CN)c1cccc2ncccc12. The molecule has 0 spiro atoms. The molecule has 2 N–H and O–H groups in total. The highest BCUT2D eigenvalue weighted by Gasteiger charge is 2.20. The molecule has 0 saturated carbocycles. The van der Waals surface area contributed by atoms with Gasteiger partial charge in [-0.1, -0.05) is 18.2 Å². The number of ether oxygens (including phenoxy) is 1. The maximum absolute atomic E-state index is 11.7. The lowest BCUT2D eigenvalue weighted by atomic mass is 10.0. The molecule has 4 heteroatoms. The summed E-state index contributed by atoms with van der Waals surface area (Å²) in [4.78, 5) is 16.0. The first-order chi connectivity index (χ1) is 8.27. The quantitative estimate of drug-likeness (QED) is 0.863. The van der Waals surface area contributed by atoms with Gasteiger partial charge in [0, 0.05) is 18.7 Å². The highest BCUT2D eigenvalue weighted by atomic mass is 16.5. The van der Waals surface area contributed by atoms with Crippen LogP contribution in [-0.4, -0.2) is 24.4 Å². The first kappa shape index (κ1) is 11.7. The summed E-state index contributed by atoms with van der Waals surface area (Å²) in [7, 11) is 1.51. The largest absolute Gasteiger partial charge is 0.369 e. The number of methoxy groups -OCH3 is 1. The van der Waals surface area contributed by atoms with E-state index < -0.39 is 6.10 Å². The number of carbonyl (C=O) groups is 1. The Morgan fingerprint density at radius 3 is 2.94 bits per heavy atom. The average molecular weight is 230 g/mol. The molecular weight excluding hydrogens is 216 g/mol. The zero-order valence-electron chi connectivity index (χ0n) is 9.59. The molecule has 0 aliphatic carbocycles. The molecule has 0 radical (unpaired) electrons. The first-order valence-electron chi connectivity index (χ1n) is 5.37. The van der Waals surface area contributed by atoms with E-state index in [2.05, 4.69) is 4.98 Å². The smallest absolute Gasteiger partial charge is 0.179 e. The van der Waals surface area contributed by atoms with Crippen molar-refractivity contribution in [2.45, 2.75) is 6.10 Å². The van der Waals surface area contributed by atoms with Crippen LogP contribution in [0.3, 0.4) is 0 Å². The number of nitrogens with two attached hydrogens (primary N) is 1. The molecule has 1 heterocycles. The van der Waals surface area contributed by atoms with Crippen LogP contribution in [-0.2, 0) is 9.53 Å². The van der Waals surface area contributed by atoms with Crippen LogP contribution in [0, 0.1) is 0 Å². The lowest BCUT2D eigenvalue weighted by Gasteiger charge is -2.15. The highest BCUT2D eigenvalue weighted by Crippen LogP contribution is 2.25. The first-order valence-corrected chi connectivity index (χ1v) is 5.37. The van der Waals surface area contributed by atoms with Crippen molar-refractivity contribution < 1.29 is 9.53 Å². The van der Waals surface area contributed by atoms with Crippen molar-refractivity contribution >= 4 is 16.7 Å². The second-order valence-corrected chi connectivity index (χ2v) is 3.70. The Hall–Kier alpha value is -1.78. The average Bonchev–Trinajstić information content (AvgIpc) is 2.39. The van der Waals surface area contributed by atoms with Gasteiger partial charge in [0.1, 0.15) is 6.10 Å². The van der Waals surface area contributed by atoms with Gasteiger partial charge < -0.3 is 10.5 Å². The van der Waals surface area contributed by atoms with Crippen LogP contribution in [0.1, 0.15) is 11.7 Å². The molecule has 4 nitrogen and oxygen atoms in total. The molecule has 2 rings (SSSR count). The van der Waals surface area contributed by atoms with E-state index >= 15 is 0 Å². The van der Waals surface area contributed by atoms with Crippen molar-refractivity contribution in [2.24, 2.45) is 5.73 Å². The van der Waals surface area contributed by atoms with Gasteiger partial charge in [-0.15, -0.1) is 0 Å². The normalized spacial score (nSPS) is 12.6. The number of rotatable bonds is 4. The third-order valence-corrected chi connectivity index (χ3v) is 2.69. The maximum atomic E-state index is 11.7. The fraction of sp³-hybridized carbons (Fsp3) is 0.231. The van der Waals surface area contributed by atoms with E-state index in [9.17, 15) is 4.79 Å². The molecular formula is C13H14N2O2. The number of hydrogen-bond donors (Lipinski definition) is 1. The minimum atomic E-state index is -0.618. The van der Waals surface area contributed by atoms with Gasteiger partial charge in [-0.3, -0.25) is 9.78 Å². The van der Waals surface area contributed by atoms with Crippen LogP contribution in [0.15, 0.2) is 36.5 Å². The van der Waals surface area contributed by atoms with Gasteiger partial charge in [0.15, 0.2) is 5.78 Å². The number of fused-ring (bicyclic) bond motifs is 1. The highest BCUT2D eigenvalue weighted by molar-refractivity contribution is 5.92. The van der Waals surface area contributed by atoms with E-state index in [1.54, 1.807) is 6.20 Å². The predicted octanol–water partition coefficient (Wildman–Crippen LogP) is 1.45. The van der Waals surface area contributed by atoms with Crippen LogP contribution >= 0.6 is 0 Å². The lowest BCUT2D eigenvalue weighted by Crippen LogP contribution is -2.23. The number of aromatic nitrogens is 1. The zero-order chi connectivity index (χ0) is 12.3. The number of benzene rings is 1. The van der Waals surface area contributed by atoms with Crippen molar-refractivity contribution in [3.63, 3.8) is 0 Å². The van der Waals surface area contributed by atoms with Crippen LogP contribution < -0.4 is 5.73 Å². The van der Waals surface area contributed by atoms with Crippen molar-refractivity contribution in [2.75, 3.05) is 13.7 Å². The maximum Gasteiger partial charge on any atom is 0.179 e. The number of Topliss-reactive ketones (excluding diaryl/α,β-unsaturated/α-hetero) is 1. The Kier molecular flexibility index (Phi) is 3.46. The van der Waals surface area contributed by atoms with Crippen molar-refractivity contribution in [1.82, 2.24) is 4.98 Å². The Morgan fingerprint density at radius 2 is 2.24 bits per heavy atom. The van der Waals surface area contributed by atoms with E-state index in [-0.39, 0.29) is 12.3 Å². The zero-order valence-corrected chi connectivity index (χ0v) is 9.59. The molecule has 2 aromatic rings. The van der Waals surface area contributed by atoms with Crippen molar-refractivity contribution in [3.8, 4) is 0 Å². The monoisotopic (exact) mass is 230 g/mol. The number of pyridine rings is 1. The summed E-state index contributed by atoms with van der Waals surface area (Å²) >= 11 is 0. The van der Waals surface area contributed by atoms with Crippen LogP contribution in [0.25, 0.3) is 10.9 Å². The summed E-state index contributed by atoms with van der Waals surface area (Å²) < 4.78 is 5.24. The number of hydrogen-bond acceptors (Lipinski definition) is 4. The van der Waals surface area contributed by atoms with Gasteiger partial charge in [-0.25, -0.2) is 0 Å². The summed E-state index contributed by atoms with van der Waals surface area (Å²) in [5.74, 6) is -0.135. The molecule has 88 valence electrons. The standard InChI is InChI=1S/C13H14N2O2/c1-17-13(12(16)8-14)10-4-2-6-11-9(10)5-3-7-15-11/h2-7,13H,8,14H2,1H3. The molecule has 0 amide bonds. The number of carbonyl (C=O) groups excluding carboxylic acids is 1. The number of ketones is 1. The molecule has 0 bridgehead atoms. The molecule has 0 aliphatic rings. The minimum Gasteiger partial charge on any atom is -0.369 e. The van der Waals surface area contributed by atoms with Crippen LogP contribution in [0.4, 0.5) is 0 Å². The van der Waals surface area contributed by atoms with Gasteiger partial charge in [0.2, 0.25) is 0 Å². The summed E-state index contributed by atoms with van der Waals surface area (Å²) in [6.07, 6.45) is 1.10.